The molecule has 0 radical (unpaired) electrons. The second kappa shape index (κ2) is 9.13. The summed E-state index contributed by atoms with van der Waals surface area (Å²) in [5.41, 5.74) is 5.21. The predicted octanol–water partition coefficient (Wildman–Crippen LogP) is 7.14. The van der Waals surface area contributed by atoms with E-state index in [1.54, 1.807) is 7.11 Å². The number of thiazole rings is 1. The van der Waals surface area contributed by atoms with Gasteiger partial charge in [0.1, 0.15) is 11.4 Å². The molecule has 0 spiro atoms. The fraction of sp³-hybridized carbons (Fsp3) is 0.296. The van der Waals surface area contributed by atoms with Gasteiger partial charge in [0.15, 0.2) is 5.13 Å². The monoisotopic (exact) mass is 504 g/mol. The molecule has 0 saturated heterocycles. The van der Waals surface area contributed by atoms with Crippen LogP contribution in [0.25, 0.3) is 22.5 Å². The average molecular weight is 505 g/mol. The number of fused-ring (bicyclic) bond motifs is 1. The van der Waals surface area contributed by atoms with Crippen molar-refractivity contribution >= 4 is 34.0 Å². The van der Waals surface area contributed by atoms with E-state index >= 15 is 0 Å². The van der Waals surface area contributed by atoms with Crippen LogP contribution in [0.4, 0.5) is 5.13 Å². The first-order chi connectivity index (χ1) is 17.1. The fourth-order valence-electron chi connectivity index (χ4n) is 5.38. The molecule has 3 heterocycles. The van der Waals surface area contributed by atoms with Crippen LogP contribution in [0.15, 0.2) is 53.9 Å². The highest BCUT2D eigenvalue weighted by Gasteiger charge is 2.47. The van der Waals surface area contributed by atoms with Gasteiger partial charge in [-0.2, -0.15) is 5.10 Å². The van der Waals surface area contributed by atoms with Crippen LogP contribution in [0.5, 0.6) is 5.75 Å². The fourth-order valence-corrected chi connectivity index (χ4v) is 6.37. The number of anilines is 1. The van der Waals surface area contributed by atoms with Crippen molar-refractivity contribution in [2.45, 2.75) is 38.1 Å². The number of nitrogens with one attached hydrogen (secondary N) is 1. The van der Waals surface area contributed by atoms with E-state index in [-0.39, 0.29) is 11.9 Å². The molecule has 6 nitrogen and oxygen atoms in total. The molecule has 4 aromatic rings. The van der Waals surface area contributed by atoms with Crippen LogP contribution in [0.1, 0.15) is 54.2 Å². The number of hydrogen-bond acceptors (Lipinski definition) is 5. The molecule has 0 bridgehead atoms. The third-order valence-corrected chi connectivity index (χ3v) is 8.20. The first-order valence-electron chi connectivity index (χ1n) is 11.9. The van der Waals surface area contributed by atoms with Gasteiger partial charge in [0.05, 0.1) is 24.5 Å². The number of nitrogens with zero attached hydrogens (tertiary/aromatic N) is 3. The Bertz CT molecular complexity index is 1360. The molecule has 1 aliphatic heterocycles. The van der Waals surface area contributed by atoms with Crippen LogP contribution < -0.4 is 9.64 Å². The predicted molar refractivity (Wildman–Crippen MR) is 139 cm³/mol. The summed E-state index contributed by atoms with van der Waals surface area (Å²) >= 11 is 7.57. The molecule has 1 unspecified atom stereocenters. The number of rotatable bonds is 5. The molecule has 1 fully saturated rings. The maximum Gasteiger partial charge on any atom is 0.279 e. The van der Waals surface area contributed by atoms with Crippen molar-refractivity contribution in [3.63, 3.8) is 0 Å². The molecule has 8 heteroatoms. The highest BCUT2D eigenvalue weighted by molar-refractivity contribution is 7.14. The van der Waals surface area contributed by atoms with Gasteiger partial charge in [-0.15, -0.1) is 11.3 Å². The topological polar surface area (TPSA) is 71.1 Å². The van der Waals surface area contributed by atoms with Crippen molar-refractivity contribution in [2.24, 2.45) is 5.92 Å². The molecule has 1 N–H and O–H groups in total. The molecule has 2 aromatic heterocycles. The van der Waals surface area contributed by atoms with E-state index in [9.17, 15) is 4.79 Å². The van der Waals surface area contributed by atoms with Gasteiger partial charge in [0.2, 0.25) is 0 Å². The lowest BCUT2D eigenvalue weighted by Gasteiger charge is -2.33. The Morgan fingerprint density at radius 3 is 2.46 bits per heavy atom. The van der Waals surface area contributed by atoms with Crippen molar-refractivity contribution in [1.29, 1.82) is 0 Å². The van der Waals surface area contributed by atoms with Gasteiger partial charge in [0, 0.05) is 27.1 Å². The summed E-state index contributed by atoms with van der Waals surface area (Å²) in [5.74, 6) is 1.10. The standard InChI is InChI=1S/C27H25ClN4O2S/c1-34-20-13-9-17(10-14-20)23-22-24(31-30-23)26(33)32(25(22)18-5-3-2-4-6-18)27-29-21(15-35-27)16-7-11-19(28)12-8-16/h7-15,18,25H,2-6H2,1H3,(H,30,31). The first kappa shape index (κ1) is 22.3. The second-order valence-electron chi connectivity index (χ2n) is 9.13. The Labute approximate surface area is 212 Å². The van der Waals surface area contributed by atoms with E-state index in [1.165, 1.54) is 30.6 Å². The molecule has 6 rings (SSSR count). The smallest absolute Gasteiger partial charge is 0.279 e. The van der Waals surface area contributed by atoms with Gasteiger partial charge in [-0.25, -0.2) is 4.98 Å². The van der Waals surface area contributed by atoms with E-state index in [2.05, 4.69) is 10.2 Å². The second-order valence-corrected chi connectivity index (χ2v) is 10.4. The number of aromatic nitrogens is 3. The molecule has 1 atom stereocenters. The maximum atomic E-state index is 13.8. The van der Waals surface area contributed by atoms with Crippen LogP contribution >= 0.6 is 22.9 Å². The van der Waals surface area contributed by atoms with Gasteiger partial charge < -0.3 is 4.74 Å². The van der Waals surface area contributed by atoms with Crippen LogP contribution in [-0.2, 0) is 0 Å². The maximum absolute atomic E-state index is 13.8. The van der Waals surface area contributed by atoms with Gasteiger partial charge >= 0.3 is 0 Å². The summed E-state index contributed by atoms with van der Waals surface area (Å²) in [6, 6.07) is 15.4. The SMILES string of the molecule is COc1ccc(-c2n[nH]c3c2C(C2CCCCC2)N(c2nc(-c4ccc(Cl)cc4)cs2)C3=O)cc1. The van der Waals surface area contributed by atoms with Crippen molar-refractivity contribution in [3.8, 4) is 28.3 Å². The lowest BCUT2D eigenvalue weighted by atomic mass is 9.81. The van der Waals surface area contributed by atoms with Crippen LogP contribution in [0, 0.1) is 5.92 Å². The normalized spacial score (nSPS) is 18.2. The van der Waals surface area contributed by atoms with Gasteiger partial charge in [-0.1, -0.05) is 43.0 Å². The minimum atomic E-state index is -0.0853. The molecule has 1 amide bonds. The Morgan fingerprint density at radius 2 is 1.74 bits per heavy atom. The van der Waals surface area contributed by atoms with Gasteiger partial charge in [0.25, 0.3) is 5.91 Å². The highest BCUT2D eigenvalue weighted by Crippen LogP contribution is 2.49. The molecule has 178 valence electrons. The Kier molecular flexibility index (Phi) is 5.82. The zero-order valence-corrected chi connectivity index (χ0v) is 20.9. The molecule has 1 saturated carbocycles. The number of amides is 1. The minimum Gasteiger partial charge on any atom is -0.497 e. The number of benzene rings is 2. The summed E-state index contributed by atoms with van der Waals surface area (Å²) in [5, 5.41) is 11.1. The van der Waals surface area contributed by atoms with Crippen LogP contribution in [0.3, 0.4) is 0 Å². The van der Waals surface area contributed by atoms with E-state index in [4.69, 9.17) is 21.3 Å². The number of H-pyrrole nitrogens is 1. The molecular formula is C27H25ClN4O2S. The molecule has 1 aliphatic carbocycles. The summed E-state index contributed by atoms with van der Waals surface area (Å²) in [6.07, 6.45) is 5.80. The Hall–Kier alpha value is -3.16. The van der Waals surface area contributed by atoms with Crippen molar-refractivity contribution < 1.29 is 9.53 Å². The number of carbonyl (C=O) groups excluding carboxylic acids is 1. The van der Waals surface area contributed by atoms with E-state index in [1.807, 2.05) is 58.8 Å². The lowest BCUT2D eigenvalue weighted by Crippen LogP contribution is -2.33. The number of ether oxygens (including phenoxy) is 1. The molecule has 2 aromatic carbocycles. The summed E-state index contributed by atoms with van der Waals surface area (Å²) in [7, 11) is 1.66. The van der Waals surface area contributed by atoms with Crippen molar-refractivity contribution in [2.75, 3.05) is 12.0 Å². The number of hydrogen-bond donors (Lipinski definition) is 1. The summed E-state index contributed by atoms with van der Waals surface area (Å²) < 4.78 is 5.33. The summed E-state index contributed by atoms with van der Waals surface area (Å²) in [4.78, 5) is 20.6. The van der Waals surface area contributed by atoms with E-state index < -0.39 is 0 Å². The number of carbonyl (C=O) groups is 1. The molecular weight excluding hydrogens is 480 g/mol. The summed E-state index contributed by atoms with van der Waals surface area (Å²) in [6.45, 7) is 0. The third kappa shape index (κ3) is 3.93. The number of aromatic amines is 1. The van der Waals surface area contributed by atoms with Crippen LogP contribution in [0.2, 0.25) is 5.02 Å². The van der Waals surface area contributed by atoms with Gasteiger partial charge in [-0.05, 0) is 55.2 Å². The molecule has 2 aliphatic rings. The number of halogens is 1. The lowest BCUT2D eigenvalue weighted by molar-refractivity contribution is 0.0977. The minimum absolute atomic E-state index is 0.0557. The third-order valence-electron chi connectivity index (χ3n) is 7.11. The highest BCUT2D eigenvalue weighted by atomic mass is 35.5. The average Bonchev–Trinajstić information content (AvgIpc) is 3.61. The zero-order valence-electron chi connectivity index (χ0n) is 19.3. The van der Waals surface area contributed by atoms with Crippen LogP contribution in [-0.4, -0.2) is 28.2 Å². The largest absolute Gasteiger partial charge is 0.497 e. The van der Waals surface area contributed by atoms with E-state index in [0.717, 1.165) is 51.8 Å². The van der Waals surface area contributed by atoms with E-state index in [0.29, 0.717) is 16.6 Å². The van der Waals surface area contributed by atoms with Gasteiger partial charge in [-0.3, -0.25) is 14.8 Å². The first-order valence-corrected chi connectivity index (χ1v) is 13.2. The number of methoxy groups -OCH3 is 1. The Morgan fingerprint density at radius 1 is 1.03 bits per heavy atom. The van der Waals surface area contributed by atoms with Crippen molar-refractivity contribution in [1.82, 2.24) is 15.2 Å². The Balaban J connectivity index is 1.42. The molecule has 35 heavy (non-hydrogen) atoms. The zero-order chi connectivity index (χ0) is 23.9. The van der Waals surface area contributed by atoms with Crippen molar-refractivity contribution in [3.05, 3.63) is 70.2 Å². The quantitative estimate of drug-likeness (QED) is 0.313.